The Balaban J connectivity index is 2.37. The molecule has 0 spiro atoms. The summed E-state index contributed by atoms with van der Waals surface area (Å²) in [4.78, 5) is 7.82. The molecular weight excluding hydrogens is 224 g/mol. The van der Waals surface area contributed by atoms with E-state index in [1.165, 1.54) is 25.6 Å². The number of rotatable bonds is 7. The Bertz CT molecular complexity index is 307. The molecule has 0 fully saturated rings. The first-order valence-electron chi connectivity index (χ1n) is 5.86. The third-order valence-corrected chi connectivity index (χ3v) is 2.83. The second-order valence-corrected chi connectivity index (χ2v) is 4.29. The highest BCUT2D eigenvalue weighted by Gasteiger charge is 2.07. The van der Waals surface area contributed by atoms with Gasteiger partial charge in [-0.25, -0.2) is 9.97 Å². The normalized spacial score (nSPS) is 12.4. The Morgan fingerprint density at radius 2 is 2.19 bits per heavy atom. The lowest BCUT2D eigenvalue weighted by Gasteiger charge is -2.14. The van der Waals surface area contributed by atoms with Crippen molar-refractivity contribution in [2.24, 2.45) is 5.92 Å². The topological polar surface area (TPSA) is 35.0 Å². The monoisotopic (exact) mass is 242 g/mol. The van der Waals surface area contributed by atoms with Gasteiger partial charge < -0.3 is 4.74 Å². The van der Waals surface area contributed by atoms with Gasteiger partial charge in [-0.05, 0) is 12.3 Å². The van der Waals surface area contributed by atoms with E-state index in [9.17, 15) is 0 Å². The largest absolute Gasteiger partial charge is 0.477 e. The molecule has 1 unspecified atom stereocenters. The maximum atomic E-state index is 5.75. The molecule has 1 aromatic rings. The molecule has 0 amide bonds. The molecule has 0 saturated carbocycles. The van der Waals surface area contributed by atoms with Gasteiger partial charge >= 0.3 is 0 Å². The maximum absolute atomic E-state index is 5.75. The van der Waals surface area contributed by atoms with Crippen molar-refractivity contribution >= 4 is 11.6 Å². The maximum Gasteiger partial charge on any atom is 0.217 e. The van der Waals surface area contributed by atoms with E-state index in [2.05, 4.69) is 23.8 Å². The molecule has 90 valence electrons. The van der Waals surface area contributed by atoms with E-state index in [1.807, 2.05) is 0 Å². The van der Waals surface area contributed by atoms with Crippen LogP contribution < -0.4 is 4.74 Å². The van der Waals surface area contributed by atoms with E-state index in [-0.39, 0.29) is 0 Å². The van der Waals surface area contributed by atoms with E-state index in [0.717, 1.165) is 6.42 Å². The number of nitrogens with zero attached hydrogens (tertiary/aromatic N) is 2. The fraction of sp³-hybridized carbons (Fsp3) is 0.667. The van der Waals surface area contributed by atoms with Gasteiger partial charge in [-0.2, -0.15) is 0 Å². The Labute approximate surface area is 102 Å². The van der Waals surface area contributed by atoms with Crippen LogP contribution in [0.3, 0.4) is 0 Å². The van der Waals surface area contributed by atoms with E-state index in [1.54, 1.807) is 6.07 Å². The Morgan fingerprint density at radius 3 is 2.81 bits per heavy atom. The summed E-state index contributed by atoms with van der Waals surface area (Å²) in [5, 5.41) is 0.423. The molecule has 3 nitrogen and oxygen atoms in total. The minimum absolute atomic E-state index is 0.423. The summed E-state index contributed by atoms with van der Waals surface area (Å²) in [5.41, 5.74) is 0. The molecule has 1 atom stereocenters. The van der Waals surface area contributed by atoms with E-state index >= 15 is 0 Å². The molecule has 1 rings (SSSR count). The first kappa shape index (κ1) is 13.2. The van der Waals surface area contributed by atoms with Crippen LogP contribution in [0, 0.1) is 5.92 Å². The van der Waals surface area contributed by atoms with Crippen LogP contribution >= 0.6 is 11.6 Å². The average molecular weight is 243 g/mol. The van der Waals surface area contributed by atoms with Crippen molar-refractivity contribution in [3.05, 3.63) is 17.5 Å². The molecule has 0 radical (unpaired) electrons. The fourth-order valence-corrected chi connectivity index (χ4v) is 1.63. The summed E-state index contributed by atoms with van der Waals surface area (Å²) in [5.74, 6) is 1.17. The molecule has 0 aliphatic rings. The molecule has 1 aromatic heterocycles. The molecule has 0 aromatic carbocycles. The molecule has 1 heterocycles. The predicted octanol–water partition coefficient (Wildman–Crippen LogP) is 3.73. The summed E-state index contributed by atoms with van der Waals surface area (Å²) < 4.78 is 5.60. The average Bonchev–Trinajstić information content (AvgIpc) is 2.29. The van der Waals surface area contributed by atoms with Gasteiger partial charge in [0.25, 0.3) is 0 Å². The predicted molar refractivity (Wildman–Crippen MR) is 65.8 cm³/mol. The zero-order valence-electron chi connectivity index (χ0n) is 9.95. The Morgan fingerprint density at radius 1 is 1.38 bits per heavy atom. The van der Waals surface area contributed by atoms with Gasteiger partial charge in [-0.3, -0.25) is 0 Å². The van der Waals surface area contributed by atoms with E-state index in [0.29, 0.717) is 23.6 Å². The van der Waals surface area contributed by atoms with Gasteiger partial charge in [0.1, 0.15) is 11.5 Å². The van der Waals surface area contributed by atoms with Crippen LogP contribution in [-0.4, -0.2) is 16.6 Å². The molecule has 16 heavy (non-hydrogen) atoms. The molecule has 0 saturated heterocycles. The van der Waals surface area contributed by atoms with Crippen LogP contribution in [0.4, 0.5) is 0 Å². The summed E-state index contributed by atoms with van der Waals surface area (Å²) >= 11 is 5.75. The van der Waals surface area contributed by atoms with Gasteiger partial charge in [-0.1, -0.05) is 44.7 Å². The molecule has 0 N–H and O–H groups in total. The van der Waals surface area contributed by atoms with Crippen molar-refractivity contribution in [2.45, 2.75) is 39.5 Å². The fourth-order valence-electron chi connectivity index (χ4n) is 1.50. The van der Waals surface area contributed by atoms with E-state index in [4.69, 9.17) is 16.3 Å². The zero-order chi connectivity index (χ0) is 11.8. The zero-order valence-corrected chi connectivity index (χ0v) is 10.7. The highest BCUT2D eigenvalue weighted by atomic mass is 35.5. The lowest BCUT2D eigenvalue weighted by Crippen LogP contribution is -2.11. The van der Waals surface area contributed by atoms with Crippen molar-refractivity contribution < 1.29 is 4.74 Å². The van der Waals surface area contributed by atoms with Crippen molar-refractivity contribution in [3.8, 4) is 5.88 Å². The molecule has 0 aliphatic heterocycles. The van der Waals surface area contributed by atoms with Crippen LogP contribution in [0.15, 0.2) is 12.4 Å². The molecular formula is C12H19ClN2O. The van der Waals surface area contributed by atoms with Gasteiger partial charge in [0, 0.05) is 6.07 Å². The quantitative estimate of drug-likeness (QED) is 0.684. The summed E-state index contributed by atoms with van der Waals surface area (Å²) in [7, 11) is 0. The van der Waals surface area contributed by atoms with Crippen molar-refractivity contribution in [3.63, 3.8) is 0 Å². The number of unbranched alkanes of at least 4 members (excludes halogenated alkanes) is 1. The number of ether oxygens (including phenoxy) is 1. The van der Waals surface area contributed by atoms with Gasteiger partial charge in [0.05, 0.1) is 6.61 Å². The SMILES string of the molecule is CCCCC(CC)COc1cc(Cl)ncn1. The van der Waals surface area contributed by atoms with Gasteiger partial charge in [0.2, 0.25) is 5.88 Å². The lowest BCUT2D eigenvalue weighted by atomic mass is 10.0. The van der Waals surface area contributed by atoms with Crippen molar-refractivity contribution in [1.82, 2.24) is 9.97 Å². The van der Waals surface area contributed by atoms with Crippen LogP contribution in [0.2, 0.25) is 5.15 Å². The van der Waals surface area contributed by atoms with Crippen LogP contribution in [0.1, 0.15) is 39.5 Å². The highest BCUT2D eigenvalue weighted by Crippen LogP contribution is 2.16. The van der Waals surface area contributed by atoms with Crippen molar-refractivity contribution in [2.75, 3.05) is 6.61 Å². The van der Waals surface area contributed by atoms with Crippen LogP contribution in [-0.2, 0) is 0 Å². The third-order valence-electron chi connectivity index (χ3n) is 2.62. The standard InChI is InChI=1S/C12H19ClN2O/c1-3-5-6-10(4-2)8-16-12-7-11(13)14-9-15-12/h7,9-10H,3-6,8H2,1-2H3. The minimum Gasteiger partial charge on any atom is -0.477 e. The van der Waals surface area contributed by atoms with Crippen LogP contribution in [0.25, 0.3) is 0 Å². The number of hydrogen-bond donors (Lipinski definition) is 0. The summed E-state index contributed by atoms with van der Waals surface area (Å²) in [6.07, 6.45) is 6.26. The first-order chi connectivity index (χ1) is 7.76. The second-order valence-electron chi connectivity index (χ2n) is 3.91. The number of aromatic nitrogens is 2. The minimum atomic E-state index is 0.423. The van der Waals surface area contributed by atoms with Gasteiger partial charge in [0.15, 0.2) is 0 Å². The summed E-state index contributed by atoms with van der Waals surface area (Å²) in [6, 6.07) is 1.65. The molecule has 4 heteroatoms. The van der Waals surface area contributed by atoms with E-state index < -0.39 is 0 Å². The molecule has 0 aliphatic carbocycles. The van der Waals surface area contributed by atoms with Crippen LogP contribution in [0.5, 0.6) is 5.88 Å². The highest BCUT2D eigenvalue weighted by molar-refractivity contribution is 6.29. The smallest absolute Gasteiger partial charge is 0.217 e. The molecule has 0 bridgehead atoms. The van der Waals surface area contributed by atoms with Crippen molar-refractivity contribution in [1.29, 1.82) is 0 Å². The Hall–Kier alpha value is -0.830. The summed E-state index contributed by atoms with van der Waals surface area (Å²) in [6.45, 7) is 5.11. The number of hydrogen-bond acceptors (Lipinski definition) is 3. The lowest BCUT2D eigenvalue weighted by molar-refractivity contribution is 0.225. The Kier molecular flexibility index (Phi) is 6.16. The second kappa shape index (κ2) is 7.44. The van der Waals surface area contributed by atoms with Gasteiger partial charge in [-0.15, -0.1) is 0 Å². The number of halogens is 1. The third kappa shape index (κ3) is 4.79. The first-order valence-corrected chi connectivity index (χ1v) is 6.24.